The first-order chi connectivity index (χ1) is 40.5. The summed E-state index contributed by atoms with van der Waals surface area (Å²) in [5.41, 5.74) is 0. The van der Waals surface area contributed by atoms with Crippen molar-refractivity contribution < 1.29 is 24.5 Å². The van der Waals surface area contributed by atoms with Gasteiger partial charge in [-0.2, -0.15) is 0 Å². The molecule has 0 heterocycles. The van der Waals surface area contributed by atoms with Gasteiger partial charge in [0.2, 0.25) is 5.91 Å². The highest BCUT2D eigenvalue weighted by atomic mass is 16.5. The fourth-order valence-corrected chi connectivity index (χ4v) is 12.0. The molecule has 0 radical (unpaired) electrons. The number of aliphatic hydroxyl groups is 2. The number of esters is 1. The molecule has 0 saturated heterocycles. The maximum Gasteiger partial charge on any atom is 0.305 e. The van der Waals surface area contributed by atoms with Crippen LogP contribution in [0.2, 0.25) is 0 Å². The average molecular weight is 1160 g/mol. The van der Waals surface area contributed by atoms with Crippen molar-refractivity contribution in [3.63, 3.8) is 0 Å². The van der Waals surface area contributed by atoms with E-state index in [0.29, 0.717) is 19.4 Å². The average Bonchev–Trinajstić information content (AvgIpc) is 3.48. The van der Waals surface area contributed by atoms with E-state index in [2.05, 4.69) is 31.3 Å². The zero-order chi connectivity index (χ0) is 59.2. The lowest BCUT2D eigenvalue weighted by atomic mass is 10.0. The summed E-state index contributed by atoms with van der Waals surface area (Å²) in [6.07, 6.45) is 91.4. The van der Waals surface area contributed by atoms with E-state index in [1.54, 1.807) is 6.08 Å². The minimum absolute atomic E-state index is 0.0124. The van der Waals surface area contributed by atoms with Crippen LogP contribution in [0.4, 0.5) is 0 Å². The first-order valence-corrected chi connectivity index (χ1v) is 37.6. The first-order valence-electron chi connectivity index (χ1n) is 37.6. The quantitative estimate of drug-likeness (QED) is 0.0320. The van der Waals surface area contributed by atoms with Crippen LogP contribution in [0.15, 0.2) is 24.3 Å². The lowest BCUT2D eigenvalue weighted by Crippen LogP contribution is -2.45. The highest BCUT2D eigenvalue weighted by molar-refractivity contribution is 5.76. The number of rotatable bonds is 71. The van der Waals surface area contributed by atoms with Gasteiger partial charge in [-0.1, -0.05) is 378 Å². The van der Waals surface area contributed by atoms with E-state index in [0.717, 1.165) is 44.9 Å². The molecule has 486 valence electrons. The highest BCUT2D eigenvalue weighted by Crippen LogP contribution is 2.19. The number of carbonyl (C=O) groups excluding carboxylic acids is 2. The monoisotopic (exact) mass is 1150 g/mol. The molecule has 0 rings (SSSR count). The van der Waals surface area contributed by atoms with Crippen molar-refractivity contribution in [1.82, 2.24) is 5.32 Å². The van der Waals surface area contributed by atoms with Crippen molar-refractivity contribution in [3.05, 3.63) is 24.3 Å². The molecule has 0 aliphatic carbocycles. The molecule has 0 aliphatic heterocycles. The van der Waals surface area contributed by atoms with Gasteiger partial charge < -0.3 is 20.3 Å². The summed E-state index contributed by atoms with van der Waals surface area (Å²) in [7, 11) is 0. The molecule has 0 aromatic carbocycles. The molecule has 0 bridgehead atoms. The van der Waals surface area contributed by atoms with Gasteiger partial charge in [0.1, 0.15) is 0 Å². The lowest BCUT2D eigenvalue weighted by Gasteiger charge is -2.20. The number of carbonyl (C=O) groups is 2. The lowest BCUT2D eigenvalue weighted by molar-refractivity contribution is -0.143. The second-order valence-corrected chi connectivity index (χ2v) is 26.0. The Bertz CT molecular complexity index is 1280. The van der Waals surface area contributed by atoms with Crippen molar-refractivity contribution >= 4 is 11.9 Å². The summed E-state index contributed by atoms with van der Waals surface area (Å²) < 4.78 is 5.49. The van der Waals surface area contributed by atoms with E-state index in [1.165, 1.54) is 353 Å². The Morgan fingerprint density at radius 2 is 0.573 bits per heavy atom. The van der Waals surface area contributed by atoms with Gasteiger partial charge in [-0.05, 0) is 57.8 Å². The molecule has 0 fully saturated rings. The van der Waals surface area contributed by atoms with Crippen molar-refractivity contribution in [2.24, 2.45) is 0 Å². The Kier molecular flexibility index (Phi) is 70.4. The van der Waals surface area contributed by atoms with E-state index in [9.17, 15) is 19.8 Å². The Morgan fingerprint density at radius 3 is 0.878 bits per heavy atom. The smallest absolute Gasteiger partial charge is 0.305 e. The summed E-state index contributed by atoms with van der Waals surface area (Å²) in [5.74, 6) is -0.0468. The van der Waals surface area contributed by atoms with E-state index >= 15 is 0 Å². The number of allylic oxidation sites excluding steroid dienone is 3. The molecule has 0 aliphatic rings. The van der Waals surface area contributed by atoms with Gasteiger partial charge in [-0.3, -0.25) is 9.59 Å². The summed E-state index contributed by atoms with van der Waals surface area (Å²) in [6.45, 7) is 4.93. The van der Waals surface area contributed by atoms with Crippen LogP contribution in [0, 0.1) is 0 Å². The van der Waals surface area contributed by atoms with E-state index in [-0.39, 0.29) is 18.5 Å². The van der Waals surface area contributed by atoms with Gasteiger partial charge >= 0.3 is 5.97 Å². The number of ether oxygens (including phenoxy) is 1. The largest absolute Gasteiger partial charge is 0.466 e. The molecule has 3 N–H and O–H groups in total. The Morgan fingerprint density at radius 1 is 0.329 bits per heavy atom. The number of unbranched alkanes of at least 4 members (excludes halogenated alkanes) is 58. The molecule has 1 amide bonds. The predicted octanol–water partition coefficient (Wildman–Crippen LogP) is 24.5. The molecule has 6 nitrogen and oxygen atoms in total. The SMILES string of the molecule is CCCCCC/C=C\CCCCCCCC(=O)OCCCCCCCCCCCCCCCCCCCCCCCCCCCCCCCCCCC(=O)NC(CO)C(O)/C=C/CCCCCCCCCCCCCCCCCCCC. The third-order valence-electron chi connectivity index (χ3n) is 17.7. The van der Waals surface area contributed by atoms with Crippen molar-refractivity contribution in [2.75, 3.05) is 13.2 Å². The molecule has 6 heteroatoms. The first kappa shape index (κ1) is 80.3. The van der Waals surface area contributed by atoms with Crippen LogP contribution < -0.4 is 5.32 Å². The van der Waals surface area contributed by atoms with Crippen molar-refractivity contribution in [1.29, 1.82) is 0 Å². The Labute approximate surface area is 513 Å². The molecule has 0 saturated carbocycles. The minimum atomic E-state index is -0.842. The molecular formula is C76H147NO5. The summed E-state index contributed by atoms with van der Waals surface area (Å²) >= 11 is 0. The maximum absolute atomic E-state index is 12.5. The van der Waals surface area contributed by atoms with Crippen LogP contribution in [-0.4, -0.2) is 47.4 Å². The van der Waals surface area contributed by atoms with Gasteiger partial charge in [0.15, 0.2) is 0 Å². The molecule has 2 atom stereocenters. The van der Waals surface area contributed by atoms with Crippen LogP contribution >= 0.6 is 0 Å². The topological polar surface area (TPSA) is 95.9 Å². The van der Waals surface area contributed by atoms with Gasteiger partial charge in [0, 0.05) is 12.8 Å². The van der Waals surface area contributed by atoms with E-state index in [4.69, 9.17) is 4.74 Å². The molecular weight excluding hydrogens is 1010 g/mol. The number of hydrogen-bond donors (Lipinski definition) is 3. The standard InChI is InChI=1S/C76H147NO5/c1-3-5-7-9-11-13-15-17-18-19-20-35-38-41-45-48-52-56-60-64-68-74(79)73(72-78)77-75(80)69-65-61-57-53-49-46-42-39-36-33-31-29-27-25-23-21-22-24-26-28-30-32-34-37-40-43-47-51-55-59-63-67-71-82-76(81)70-66-62-58-54-50-44-16-14-12-10-8-6-4-2/h14,16,64,68,73-74,78-79H,3-13,15,17-63,65-67,69-72H2,1-2H3,(H,77,80)/b16-14-,68-64+. The zero-order valence-corrected chi connectivity index (χ0v) is 55.8. The zero-order valence-electron chi connectivity index (χ0n) is 55.8. The molecule has 0 aromatic heterocycles. The van der Waals surface area contributed by atoms with Gasteiger partial charge in [0.05, 0.1) is 25.4 Å². The fraction of sp³-hybridized carbons (Fsp3) is 0.921. The van der Waals surface area contributed by atoms with Crippen LogP contribution in [-0.2, 0) is 14.3 Å². The molecule has 82 heavy (non-hydrogen) atoms. The second-order valence-electron chi connectivity index (χ2n) is 26.0. The Hall–Kier alpha value is -1.66. The van der Waals surface area contributed by atoms with Crippen molar-refractivity contribution in [3.8, 4) is 0 Å². The summed E-state index contributed by atoms with van der Waals surface area (Å²) in [4.78, 5) is 24.6. The second kappa shape index (κ2) is 71.8. The van der Waals surface area contributed by atoms with Crippen LogP contribution in [0.3, 0.4) is 0 Å². The third kappa shape index (κ3) is 67.5. The van der Waals surface area contributed by atoms with Crippen molar-refractivity contribution in [2.45, 2.75) is 437 Å². The molecule has 2 unspecified atom stereocenters. The van der Waals surface area contributed by atoms with E-state index in [1.807, 2.05) is 6.08 Å². The van der Waals surface area contributed by atoms with Crippen LogP contribution in [0.1, 0.15) is 425 Å². The summed E-state index contributed by atoms with van der Waals surface area (Å²) in [5, 5.41) is 23.3. The maximum atomic E-state index is 12.5. The van der Waals surface area contributed by atoms with E-state index < -0.39 is 12.1 Å². The van der Waals surface area contributed by atoms with Gasteiger partial charge in [-0.15, -0.1) is 0 Å². The minimum Gasteiger partial charge on any atom is -0.466 e. The van der Waals surface area contributed by atoms with Gasteiger partial charge in [0.25, 0.3) is 0 Å². The third-order valence-corrected chi connectivity index (χ3v) is 17.7. The van der Waals surface area contributed by atoms with Gasteiger partial charge in [-0.25, -0.2) is 0 Å². The Balaban J connectivity index is 3.35. The van der Waals surface area contributed by atoms with Crippen LogP contribution in [0.5, 0.6) is 0 Å². The fourth-order valence-electron chi connectivity index (χ4n) is 12.0. The normalized spacial score (nSPS) is 12.6. The number of amides is 1. The highest BCUT2D eigenvalue weighted by Gasteiger charge is 2.18. The predicted molar refractivity (Wildman–Crippen MR) is 361 cm³/mol. The molecule has 0 aromatic rings. The number of nitrogens with one attached hydrogen (secondary N) is 1. The number of aliphatic hydroxyl groups excluding tert-OH is 2. The van der Waals surface area contributed by atoms with Crippen LogP contribution in [0.25, 0.3) is 0 Å². The summed E-state index contributed by atoms with van der Waals surface area (Å²) in [6, 6.07) is -0.625. The number of hydrogen-bond acceptors (Lipinski definition) is 5. The molecule has 0 spiro atoms.